The van der Waals surface area contributed by atoms with Gasteiger partial charge in [-0.2, -0.15) is 0 Å². The summed E-state index contributed by atoms with van der Waals surface area (Å²) in [5, 5.41) is 0. The van der Waals surface area contributed by atoms with Crippen LogP contribution in [0.4, 0.5) is 0 Å². The van der Waals surface area contributed by atoms with Gasteiger partial charge in [-0.05, 0) is 49.4 Å². The number of hydrogen-bond donors (Lipinski definition) is 0. The zero-order chi connectivity index (χ0) is 16.7. The van der Waals surface area contributed by atoms with E-state index in [0.29, 0.717) is 17.3 Å². The maximum absolute atomic E-state index is 13.1. The van der Waals surface area contributed by atoms with Gasteiger partial charge < -0.3 is 4.74 Å². The number of hydrogen-bond acceptors (Lipinski definition) is 2. The second-order valence-corrected chi connectivity index (χ2v) is 9.94. The minimum absolute atomic E-state index is 0.0259. The number of carbonyl (C=O) groups excluding carboxylic acids is 1. The van der Waals surface area contributed by atoms with Gasteiger partial charge in [0.15, 0.2) is 0 Å². The quantitative estimate of drug-likeness (QED) is 0.678. The summed E-state index contributed by atoms with van der Waals surface area (Å²) in [6, 6.07) is 0. The van der Waals surface area contributed by atoms with Gasteiger partial charge in [0, 0.05) is 11.8 Å². The second-order valence-electron chi connectivity index (χ2n) is 9.94. The molecule has 0 saturated heterocycles. The average Bonchev–Trinajstić information content (AvgIpc) is 3.11. The maximum atomic E-state index is 13.1. The van der Waals surface area contributed by atoms with Gasteiger partial charge >= 0.3 is 5.97 Å². The van der Waals surface area contributed by atoms with Crippen molar-refractivity contribution in [3.05, 3.63) is 0 Å². The number of carbonyl (C=O) groups is 1. The van der Waals surface area contributed by atoms with Crippen LogP contribution in [0.5, 0.6) is 0 Å². The van der Waals surface area contributed by atoms with Gasteiger partial charge in [-0.25, -0.2) is 0 Å². The predicted molar refractivity (Wildman–Crippen MR) is 89.3 cm³/mol. The molecule has 0 aromatic carbocycles. The van der Waals surface area contributed by atoms with Gasteiger partial charge in [0.05, 0.1) is 5.41 Å². The Morgan fingerprint density at radius 2 is 1.82 bits per heavy atom. The van der Waals surface area contributed by atoms with Gasteiger partial charge in [-0.15, -0.1) is 0 Å². The Kier molecular flexibility index (Phi) is 3.19. The summed E-state index contributed by atoms with van der Waals surface area (Å²) < 4.78 is 6.26. The lowest BCUT2D eigenvalue weighted by Crippen LogP contribution is -2.66. The van der Waals surface area contributed by atoms with Gasteiger partial charge in [0.1, 0.15) is 5.60 Å². The average molecular weight is 306 g/mol. The molecule has 2 heteroatoms. The summed E-state index contributed by atoms with van der Waals surface area (Å²) in [5.41, 5.74) is -0.120. The molecule has 1 spiro atoms. The first-order valence-electron chi connectivity index (χ1n) is 9.19. The zero-order valence-electron chi connectivity index (χ0n) is 15.7. The molecule has 126 valence electrons. The molecule has 3 fully saturated rings. The largest absolute Gasteiger partial charge is 0.458 e. The minimum atomic E-state index is -0.433. The van der Waals surface area contributed by atoms with Crippen LogP contribution in [0, 0.1) is 39.9 Å². The van der Waals surface area contributed by atoms with E-state index in [-0.39, 0.29) is 22.9 Å². The molecule has 0 aromatic rings. The van der Waals surface area contributed by atoms with Crippen LogP contribution in [-0.2, 0) is 9.53 Å². The predicted octanol–water partition coefficient (Wildman–Crippen LogP) is 5.06. The number of rotatable bonds is 4. The summed E-state index contributed by atoms with van der Waals surface area (Å²) in [7, 11) is 0. The van der Waals surface area contributed by atoms with E-state index in [1.54, 1.807) is 0 Å². The molecule has 0 heterocycles. The molecule has 0 aliphatic heterocycles. The molecule has 22 heavy (non-hydrogen) atoms. The summed E-state index contributed by atoms with van der Waals surface area (Å²) in [4.78, 5) is 13.1. The molecule has 6 atom stereocenters. The van der Waals surface area contributed by atoms with Crippen LogP contribution in [0.25, 0.3) is 0 Å². The molecule has 2 nitrogen and oxygen atoms in total. The molecule has 3 rings (SSSR count). The molecule has 3 aliphatic carbocycles. The highest BCUT2D eigenvalue weighted by molar-refractivity contribution is 5.78. The van der Waals surface area contributed by atoms with Crippen molar-refractivity contribution in [2.75, 3.05) is 0 Å². The van der Waals surface area contributed by atoms with E-state index in [9.17, 15) is 4.79 Å². The van der Waals surface area contributed by atoms with Crippen molar-refractivity contribution in [3.8, 4) is 0 Å². The van der Waals surface area contributed by atoms with E-state index < -0.39 is 5.41 Å². The van der Waals surface area contributed by atoms with Crippen LogP contribution in [-0.4, -0.2) is 11.6 Å². The molecule has 3 saturated carbocycles. The van der Waals surface area contributed by atoms with E-state index in [1.165, 1.54) is 19.3 Å². The topological polar surface area (TPSA) is 26.3 Å². The maximum Gasteiger partial charge on any atom is 0.313 e. The van der Waals surface area contributed by atoms with E-state index in [4.69, 9.17) is 4.74 Å². The minimum Gasteiger partial charge on any atom is -0.458 e. The standard InChI is InChI=1S/C20H34O2/c1-9-13-10-14-19(8,15-11-20(13,14)15)22-16(21)18(7,12(2)3)17(4,5)6/h12-15H,9-11H2,1-8H3. The van der Waals surface area contributed by atoms with Gasteiger partial charge in [0.2, 0.25) is 0 Å². The van der Waals surface area contributed by atoms with Crippen LogP contribution >= 0.6 is 0 Å². The monoisotopic (exact) mass is 306 g/mol. The third-order valence-electron chi connectivity index (χ3n) is 8.30. The molecule has 0 radical (unpaired) electrons. The van der Waals surface area contributed by atoms with Crippen LogP contribution < -0.4 is 0 Å². The Hall–Kier alpha value is -0.530. The van der Waals surface area contributed by atoms with E-state index in [2.05, 4.69) is 55.4 Å². The first kappa shape index (κ1) is 16.3. The molecular weight excluding hydrogens is 272 g/mol. The molecule has 0 N–H and O–H groups in total. The van der Waals surface area contributed by atoms with Crippen molar-refractivity contribution >= 4 is 5.97 Å². The fraction of sp³-hybridized carbons (Fsp3) is 0.950. The molecular formula is C20H34O2. The lowest BCUT2D eigenvalue weighted by Gasteiger charge is -2.63. The summed E-state index contributed by atoms with van der Waals surface area (Å²) in [5.74, 6) is 2.48. The van der Waals surface area contributed by atoms with Crippen LogP contribution in [0.1, 0.15) is 74.7 Å². The highest BCUT2D eigenvalue weighted by atomic mass is 16.6. The van der Waals surface area contributed by atoms with Crippen LogP contribution in [0.2, 0.25) is 0 Å². The normalized spacial score (nSPS) is 45.0. The third-order valence-corrected chi connectivity index (χ3v) is 8.30. The lowest BCUT2D eigenvalue weighted by molar-refractivity contribution is -0.248. The molecule has 0 bridgehead atoms. The smallest absolute Gasteiger partial charge is 0.313 e. The second kappa shape index (κ2) is 4.30. The Morgan fingerprint density at radius 1 is 1.23 bits per heavy atom. The number of ether oxygens (including phenoxy) is 1. The number of esters is 1. The third kappa shape index (κ3) is 1.60. The summed E-state index contributed by atoms with van der Waals surface area (Å²) in [6.45, 7) is 17.4. The van der Waals surface area contributed by atoms with Crippen LogP contribution in [0.3, 0.4) is 0 Å². The van der Waals surface area contributed by atoms with E-state index in [1.807, 2.05) is 0 Å². The van der Waals surface area contributed by atoms with Crippen molar-refractivity contribution in [2.45, 2.75) is 80.3 Å². The van der Waals surface area contributed by atoms with Crippen molar-refractivity contribution < 1.29 is 9.53 Å². The first-order valence-corrected chi connectivity index (χ1v) is 9.19. The zero-order valence-corrected chi connectivity index (χ0v) is 15.7. The van der Waals surface area contributed by atoms with Crippen molar-refractivity contribution in [3.63, 3.8) is 0 Å². The Bertz CT molecular complexity index is 502. The van der Waals surface area contributed by atoms with Gasteiger partial charge in [-0.1, -0.05) is 48.0 Å². The van der Waals surface area contributed by atoms with Crippen molar-refractivity contribution in [1.29, 1.82) is 0 Å². The molecule has 0 amide bonds. The van der Waals surface area contributed by atoms with E-state index in [0.717, 1.165) is 5.92 Å². The van der Waals surface area contributed by atoms with Gasteiger partial charge in [0.25, 0.3) is 0 Å². The van der Waals surface area contributed by atoms with Gasteiger partial charge in [-0.3, -0.25) is 4.79 Å². The molecule has 6 unspecified atom stereocenters. The lowest BCUT2D eigenvalue weighted by atomic mass is 9.45. The Labute approximate surface area is 136 Å². The van der Waals surface area contributed by atoms with E-state index >= 15 is 0 Å². The highest BCUT2D eigenvalue weighted by Gasteiger charge is 2.87. The van der Waals surface area contributed by atoms with Crippen molar-refractivity contribution in [1.82, 2.24) is 0 Å². The Balaban J connectivity index is 1.76. The fourth-order valence-corrected chi connectivity index (χ4v) is 6.03. The first-order chi connectivity index (χ1) is 9.96. The highest BCUT2D eigenvalue weighted by Crippen LogP contribution is 2.88. The Morgan fingerprint density at radius 3 is 2.23 bits per heavy atom. The summed E-state index contributed by atoms with van der Waals surface area (Å²) in [6.07, 6.45) is 3.86. The fourth-order valence-electron chi connectivity index (χ4n) is 6.03. The molecule has 3 aliphatic rings. The molecule has 0 aromatic heterocycles. The van der Waals surface area contributed by atoms with Crippen LogP contribution in [0.15, 0.2) is 0 Å². The summed E-state index contributed by atoms with van der Waals surface area (Å²) >= 11 is 0. The SMILES string of the molecule is CCC1CC2C(C)(OC(=O)C(C)(C(C)C)C(C)(C)C)C3CC123. The van der Waals surface area contributed by atoms with Crippen molar-refractivity contribution in [2.24, 2.45) is 39.9 Å².